The van der Waals surface area contributed by atoms with Crippen molar-refractivity contribution in [2.45, 2.75) is 0 Å². The molecule has 9 heteroatoms. The van der Waals surface area contributed by atoms with Crippen LogP contribution in [-0.2, 0) is 13.7 Å². The van der Waals surface area contributed by atoms with Gasteiger partial charge in [-0.2, -0.15) is 12.6 Å². The number of hydrogen-bond donors (Lipinski definition) is 4. The molecule has 0 radical (unpaired) electrons. The van der Waals surface area contributed by atoms with Crippen LogP contribution in [0.3, 0.4) is 0 Å². The van der Waals surface area contributed by atoms with Crippen molar-refractivity contribution in [2.24, 2.45) is 0 Å². The lowest BCUT2D eigenvalue weighted by atomic mass is 10.9. The van der Waals surface area contributed by atoms with Crippen LogP contribution in [0.2, 0.25) is 0 Å². The summed E-state index contributed by atoms with van der Waals surface area (Å²) in [4.78, 5) is 22.2. The lowest BCUT2D eigenvalue weighted by Crippen LogP contribution is -1.84. The minimum absolute atomic E-state index is 0.231. The van der Waals surface area contributed by atoms with E-state index in [0.717, 1.165) is 0 Å². The number of thiol groups is 1. The Morgan fingerprint density at radius 2 is 1.64 bits per heavy atom. The summed E-state index contributed by atoms with van der Waals surface area (Å²) in [6.07, 6.45) is 0. The second-order valence-electron chi connectivity index (χ2n) is 1.05. The third-order valence-electron chi connectivity index (χ3n) is 0.293. The van der Waals surface area contributed by atoms with E-state index in [0.29, 0.717) is 5.75 Å². The van der Waals surface area contributed by atoms with Gasteiger partial charge in [0, 0.05) is 14.9 Å². The molecule has 6 nitrogen and oxygen atoms in total. The fourth-order valence-electron chi connectivity index (χ4n) is 0.119. The van der Waals surface area contributed by atoms with Crippen LogP contribution in [0.15, 0.2) is 0 Å². The maximum atomic E-state index is 9.65. The zero-order valence-corrected chi connectivity index (χ0v) is 8.01. The van der Waals surface area contributed by atoms with Gasteiger partial charge in [-0.15, -0.1) is 19.2 Å². The van der Waals surface area contributed by atoms with Crippen LogP contribution in [-0.4, -0.2) is 27.0 Å². The second-order valence-corrected chi connectivity index (χ2v) is 2.73. The van der Waals surface area contributed by atoms with E-state index in [4.69, 9.17) is 19.2 Å². The van der Waals surface area contributed by atoms with Crippen LogP contribution in [0.4, 0.5) is 0 Å². The monoisotopic (exact) mass is 222 g/mol. The average Bonchev–Trinajstić information content (AvgIpc) is 1.82. The molecule has 11 heavy (non-hydrogen) atoms. The van der Waals surface area contributed by atoms with E-state index in [1.807, 2.05) is 0 Å². The summed E-state index contributed by atoms with van der Waals surface area (Å²) in [6, 6.07) is 0. The smallest absolute Gasteiger partial charge is 0.177 e. The van der Waals surface area contributed by atoms with Crippen LogP contribution >= 0.6 is 29.1 Å². The molecule has 0 rings (SSSR count). The highest BCUT2D eigenvalue weighted by atomic mass is 32.1. The standard InChI is InChI=1S/C2H5O3PS.HO3P/c3-6(4)5-1-2-7;1-4(2)3/h1-2H2,(H-,3,4,7);(H-,1,2,3)/p+2. The molecule has 0 aromatic heterocycles. The Morgan fingerprint density at radius 1 is 1.27 bits per heavy atom. The third-order valence-corrected chi connectivity index (χ3v) is 0.879. The number of hydrogen-bond acceptors (Lipinski definition) is 4. The van der Waals surface area contributed by atoms with Crippen molar-refractivity contribution in [3.8, 4) is 0 Å². The van der Waals surface area contributed by atoms with Crippen LogP contribution in [0.25, 0.3) is 0 Å². The molecular formula is C2H8O6P2S+2. The average molecular weight is 222 g/mol. The third kappa shape index (κ3) is 37.9. The summed E-state index contributed by atoms with van der Waals surface area (Å²) < 4.78 is 22.5. The highest BCUT2D eigenvalue weighted by Crippen LogP contribution is 2.12. The van der Waals surface area contributed by atoms with Crippen molar-refractivity contribution in [2.75, 3.05) is 12.4 Å². The topological polar surface area (TPSA) is 104 Å². The SMILES string of the molecule is O=[P+](O)O.O=[P+](O)OCCS. The Bertz CT molecular complexity index is 124. The van der Waals surface area contributed by atoms with Gasteiger partial charge in [0.15, 0.2) is 0 Å². The molecule has 0 spiro atoms. The molecule has 0 aromatic rings. The summed E-state index contributed by atoms with van der Waals surface area (Å²) in [5.74, 6) is 0.474. The molecule has 3 N–H and O–H groups in total. The first-order chi connectivity index (χ1) is 5.00. The number of rotatable bonds is 3. The largest absolute Gasteiger partial charge is 0.694 e. The highest BCUT2D eigenvalue weighted by Gasteiger charge is 2.08. The van der Waals surface area contributed by atoms with Gasteiger partial charge in [0.25, 0.3) is 0 Å². The molecule has 0 bridgehead atoms. The van der Waals surface area contributed by atoms with Crippen LogP contribution in [0, 0.1) is 0 Å². The summed E-state index contributed by atoms with van der Waals surface area (Å²) in [5.41, 5.74) is 0. The summed E-state index contributed by atoms with van der Waals surface area (Å²) in [7, 11) is -5.28. The molecule has 0 saturated carbocycles. The lowest BCUT2D eigenvalue weighted by Gasteiger charge is -1.76. The van der Waals surface area contributed by atoms with Gasteiger partial charge in [-0.1, -0.05) is 0 Å². The van der Waals surface area contributed by atoms with Crippen molar-refractivity contribution in [1.29, 1.82) is 0 Å². The minimum Gasteiger partial charge on any atom is -0.177 e. The second kappa shape index (κ2) is 10.4. The molecule has 0 saturated heterocycles. The van der Waals surface area contributed by atoms with Crippen LogP contribution < -0.4 is 0 Å². The van der Waals surface area contributed by atoms with Gasteiger partial charge < -0.3 is 0 Å². The Hall–Kier alpha value is 0.390. The molecule has 1 unspecified atom stereocenters. The Labute approximate surface area is 70.5 Å². The predicted octanol–water partition coefficient (Wildman–Crippen LogP) is 0.211. The Balaban J connectivity index is 0. The Kier molecular flexibility index (Phi) is 13.2. The van der Waals surface area contributed by atoms with Gasteiger partial charge in [-0.25, -0.2) is 0 Å². The van der Waals surface area contributed by atoms with Crippen molar-refractivity contribution in [3.05, 3.63) is 0 Å². The molecule has 0 aliphatic heterocycles. The normalized spacial score (nSPS) is 9.64. The first-order valence-corrected chi connectivity index (χ1v) is 5.18. The van der Waals surface area contributed by atoms with Crippen molar-refractivity contribution < 1.29 is 28.3 Å². The van der Waals surface area contributed by atoms with Crippen molar-refractivity contribution in [1.82, 2.24) is 0 Å². The zero-order chi connectivity index (χ0) is 9.28. The van der Waals surface area contributed by atoms with E-state index < -0.39 is 16.5 Å². The molecule has 0 aliphatic rings. The van der Waals surface area contributed by atoms with Gasteiger partial charge in [-0.3, -0.25) is 0 Å². The molecule has 0 fully saturated rings. The highest BCUT2D eigenvalue weighted by molar-refractivity contribution is 7.80. The fourth-order valence-corrected chi connectivity index (χ4v) is 0.602. The van der Waals surface area contributed by atoms with Gasteiger partial charge in [0.1, 0.15) is 6.61 Å². The van der Waals surface area contributed by atoms with Crippen LogP contribution in [0.5, 0.6) is 0 Å². The van der Waals surface area contributed by atoms with Gasteiger partial charge in [-0.05, 0) is 0 Å². The fraction of sp³-hybridized carbons (Fsp3) is 1.00. The molecule has 66 valence electrons. The summed E-state index contributed by atoms with van der Waals surface area (Å²) in [5, 5.41) is 0. The zero-order valence-electron chi connectivity index (χ0n) is 5.32. The lowest BCUT2D eigenvalue weighted by molar-refractivity contribution is 0.300. The minimum atomic E-state index is -2.87. The molecule has 0 amide bonds. The summed E-state index contributed by atoms with van der Waals surface area (Å²) in [6.45, 7) is 0.231. The Morgan fingerprint density at radius 3 is 1.73 bits per heavy atom. The van der Waals surface area contributed by atoms with E-state index in [1.165, 1.54) is 0 Å². The maximum absolute atomic E-state index is 9.65. The first-order valence-electron chi connectivity index (χ1n) is 2.25. The molecular weight excluding hydrogens is 214 g/mol. The first kappa shape index (κ1) is 13.9. The van der Waals surface area contributed by atoms with Crippen molar-refractivity contribution in [3.63, 3.8) is 0 Å². The van der Waals surface area contributed by atoms with E-state index >= 15 is 0 Å². The molecule has 0 aliphatic carbocycles. The van der Waals surface area contributed by atoms with Gasteiger partial charge in [0.05, 0.1) is 0 Å². The van der Waals surface area contributed by atoms with E-state index in [2.05, 4.69) is 17.2 Å². The maximum Gasteiger partial charge on any atom is 0.694 e. The molecule has 0 heterocycles. The van der Waals surface area contributed by atoms with Gasteiger partial charge >= 0.3 is 16.5 Å². The van der Waals surface area contributed by atoms with Crippen LogP contribution in [0.1, 0.15) is 0 Å². The van der Waals surface area contributed by atoms with Crippen molar-refractivity contribution >= 4 is 29.1 Å². The molecule has 0 aromatic carbocycles. The molecule has 1 atom stereocenters. The summed E-state index contributed by atoms with van der Waals surface area (Å²) >= 11 is 3.73. The quantitative estimate of drug-likeness (QED) is 0.402. The van der Waals surface area contributed by atoms with E-state index in [9.17, 15) is 4.57 Å². The van der Waals surface area contributed by atoms with E-state index in [1.54, 1.807) is 0 Å². The van der Waals surface area contributed by atoms with Gasteiger partial charge in [0.2, 0.25) is 0 Å². The van der Waals surface area contributed by atoms with E-state index in [-0.39, 0.29) is 6.61 Å². The predicted molar refractivity (Wildman–Crippen MR) is 41.7 cm³/mol.